The quantitative estimate of drug-likeness (QED) is 0.535. The lowest BCUT2D eigenvalue weighted by Crippen LogP contribution is -2.18. The molecule has 2 aromatic carbocycles. The Labute approximate surface area is 149 Å². The molecule has 0 spiro atoms. The van der Waals surface area contributed by atoms with Crippen LogP contribution in [0.4, 0.5) is 0 Å². The number of hydrogen-bond donors (Lipinski definition) is 0. The molecule has 0 aliphatic rings. The Kier molecular flexibility index (Phi) is 4.58. The number of rotatable bonds is 3. The SMILES string of the molecule is CC(=O)Oc1ccc(-n2cc(C)c3cc(OC(C)=O)ccc3c2=O)cc1. The number of ether oxygens (including phenoxy) is 2. The summed E-state index contributed by atoms with van der Waals surface area (Å²) in [6.07, 6.45) is 1.73. The fraction of sp³-hybridized carbons (Fsp3) is 0.150. The third-order valence-corrected chi connectivity index (χ3v) is 3.83. The van der Waals surface area contributed by atoms with Gasteiger partial charge in [0.15, 0.2) is 0 Å². The van der Waals surface area contributed by atoms with E-state index in [2.05, 4.69) is 0 Å². The number of aromatic nitrogens is 1. The van der Waals surface area contributed by atoms with E-state index in [1.165, 1.54) is 18.4 Å². The number of pyridine rings is 1. The van der Waals surface area contributed by atoms with Crippen molar-refractivity contribution < 1.29 is 19.1 Å². The minimum absolute atomic E-state index is 0.194. The topological polar surface area (TPSA) is 74.6 Å². The molecule has 0 saturated carbocycles. The van der Waals surface area contributed by atoms with E-state index in [4.69, 9.17) is 9.47 Å². The van der Waals surface area contributed by atoms with Crippen molar-refractivity contribution in [3.8, 4) is 17.2 Å². The van der Waals surface area contributed by atoms with E-state index in [-0.39, 0.29) is 5.56 Å². The lowest BCUT2D eigenvalue weighted by molar-refractivity contribution is -0.132. The van der Waals surface area contributed by atoms with Crippen LogP contribution in [0.3, 0.4) is 0 Å². The Hall–Kier alpha value is -3.41. The van der Waals surface area contributed by atoms with E-state index in [1.807, 2.05) is 6.92 Å². The smallest absolute Gasteiger partial charge is 0.308 e. The van der Waals surface area contributed by atoms with Crippen LogP contribution < -0.4 is 15.0 Å². The van der Waals surface area contributed by atoms with Crippen molar-refractivity contribution >= 4 is 22.7 Å². The molecule has 0 atom stereocenters. The van der Waals surface area contributed by atoms with E-state index >= 15 is 0 Å². The van der Waals surface area contributed by atoms with Crippen molar-refractivity contribution in [2.45, 2.75) is 20.8 Å². The maximum atomic E-state index is 12.8. The Morgan fingerprint density at radius 3 is 2.04 bits per heavy atom. The molecule has 0 fully saturated rings. The van der Waals surface area contributed by atoms with Crippen LogP contribution in [0.5, 0.6) is 11.5 Å². The van der Waals surface area contributed by atoms with E-state index < -0.39 is 11.9 Å². The van der Waals surface area contributed by atoms with Crippen molar-refractivity contribution in [2.75, 3.05) is 0 Å². The zero-order valence-corrected chi connectivity index (χ0v) is 14.6. The molecule has 3 aromatic rings. The normalized spacial score (nSPS) is 10.6. The van der Waals surface area contributed by atoms with Crippen molar-refractivity contribution in [1.82, 2.24) is 4.57 Å². The molecule has 132 valence electrons. The molecule has 0 saturated heterocycles. The summed E-state index contributed by atoms with van der Waals surface area (Å²) in [6, 6.07) is 11.6. The highest BCUT2D eigenvalue weighted by Crippen LogP contribution is 2.23. The number of fused-ring (bicyclic) bond motifs is 1. The maximum absolute atomic E-state index is 12.8. The average molecular weight is 351 g/mol. The van der Waals surface area contributed by atoms with Gasteiger partial charge in [-0.2, -0.15) is 0 Å². The largest absolute Gasteiger partial charge is 0.427 e. The molecule has 1 aromatic heterocycles. The van der Waals surface area contributed by atoms with Gasteiger partial charge in [-0.15, -0.1) is 0 Å². The second-order valence-corrected chi connectivity index (χ2v) is 5.88. The fourth-order valence-corrected chi connectivity index (χ4v) is 2.75. The highest BCUT2D eigenvalue weighted by atomic mass is 16.5. The van der Waals surface area contributed by atoms with Crippen molar-refractivity contribution in [3.05, 3.63) is 64.6 Å². The molecule has 1 heterocycles. The van der Waals surface area contributed by atoms with Crippen LogP contribution >= 0.6 is 0 Å². The van der Waals surface area contributed by atoms with Crippen LogP contribution in [-0.4, -0.2) is 16.5 Å². The van der Waals surface area contributed by atoms with Gasteiger partial charge in [0.1, 0.15) is 11.5 Å². The standard InChI is InChI=1S/C20H17NO5/c1-12-11-21(15-4-6-16(7-5-15)25-13(2)22)20(24)18-9-8-17(10-19(12)18)26-14(3)23/h4-11H,1-3H3. The Morgan fingerprint density at radius 2 is 1.42 bits per heavy atom. The average Bonchev–Trinajstić information content (AvgIpc) is 2.58. The van der Waals surface area contributed by atoms with Crippen molar-refractivity contribution in [3.63, 3.8) is 0 Å². The van der Waals surface area contributed by atoms with Gasteiger partial charge in [0, 0.05) is 31.1 Å². The number of benzene rings is 2. The van der Waals surface area contributed by atoms with Gasteiger partial charge in [-0.25, -0.2) is 0 Å². The molecule has 0 radical (unpaired) electrons. The molecule has 6 nitrogen and oxygen atoms in total. The lowest BCUT2D eigenvalue weighted by Gasteiger charge is -2.12. The third kappa shape index (κ3) is 3.49. The molecule has 0 aliphatic heterocycles. The number of carbonyl (C=O) groups excluding carboxylic acids is 2. The van der Waals surface area contributed by atoms with Crippen molar-refractivity contribution in [2.24, 2.45) is 0 Å². The molecule has 0 amide bonds. The Balaban J connectivity index is 2.07. The number of nitrogens with zero attached hydrogens (tertiary/aromatic N) is 1. The molecular formula is C20H17NO5. The monoisotopic (exact) mass is 351 g/mol. The van der Waals surface area contributed by atoms with E-state index in [0.717, 1.165) is 10.9 Å². The van der Waals surface area contributed by atoms with E-state index in [1.54, 1.807) is 48.7 Å². The number of hydrogen-bond acceptors (Lipinski definition) is 5. The second-order valence-electron chi connectivity index (χ2n) is 5.88. The summed E-state index contributed by atoms with van der Waals surface area (Å²) in [6.45, 7) is 4.53. The molecule has 0 aliphatic carbocycles. The van der Waals surface area contributed by atoms with Crippen molar-refractivity contribution in [1.29, 1.82) is 0 Å². The highest BCUT2D eigenvalue weighted by Gasteiger charge is 2.10. The summed E-state index contributed by atoms with van der Waals surface area (Å²) in [4.78, 5) is 35.0. The first-order valence-corrected chi connectivity index (χ1v) is 7.98. The van der Waals surface area contributed by atoms with Crippen LogP contribution in [0, 0.1) is 6.92 Å². The van der Waals surface area contributed by atoms with E-state index in [9.17, 15) is 14.4 Å². The molecule has 0 bridgehead atoms. The zero-order valence-electron chi connectivity index (χ0n) is 14.6. The molecule has 0 N–H and O–H groups in total. The highest BCUT2D eigenvalue weighted by molar-refractivity contribution is 5.87. The molecule has 26 heavy (non-hydrogen) atoms. The van der Waals surface area contributed by atoms with Gasteiger partial charge in [0.2, 0.25) is 0 Å². The van der Waals surface area contributed by atoms with Crippen LogP contribution in [-0.2, 0) is 9.59 Å². The third-order valence-electron chi connectivity index (χ3n) is 3.83. The number of carbonyl (C=O) groups is 2. The summed E-state index contributed by atoms with van der Waals surface area (Å²) in [5, 5.41) is 1.24. The Bertz CT molecular complexity index is 1060. The lowest BCUT2D eigenvalue weighted by atomic mass is 10.1. The van der Waals surface area contributed by atoms with Crippen LogP contribution in [0.15, 0.2) is 53.5 Å². The van der Waals surface area contributed by atoms with Gasteiger partial charge in [-0.1, -0.05) is 0 Å². The zero-order chi connectivity index (χ0) is 18.8. The van der Waals surface area contributed by atoms with Crippen LogP contribution in [0.2, 0.25) is 0 Å². The molecule has 6 heteroatoms. The summed E-state index contributed by atoms with van der Waals surface area (Å²) in [7, 11) is 0. The Morgan fingerprint density at radius 1 is 0.846 bits per heavy atom. The predicted molar refractivity (Wildman–Crippen MR) is 96.9 cm³/mol. The fourth-order valence-electron chi connectivity index (χ4n) is 2.75. The van der Waals surface area contributed by atoms with Gasteiger partial charge < -0.3 is 9.47 Å². The van der Waals surface area contributed by atoms with Gasteiger partial charge in [-0.3, -0.25) is 19.0 Å². The minimum Gasteiger partial charge on any atom is -0.427 e. The first-order valence-electron chi connectivity index (χ1n) is 7.98. The summed E-state index contributed by atoms with van der Waals surface area (Å²) >= 11 is 0. The molecule has 3 rings (SSSR count). The van der Waals surface area contributed by atoms with Crippen LogP contribution in [0.1, 0.15) is 19.4 Å². The summed E-state index contributed by atoms with van der Waals surface area (Å²) < 4.78 is 11.6. The van der Waals surface area contributed by atoms with Gasteiger partial charge in [0.05, 0.1) is 0 Å². The van der Waals surface area contributed by atoms with E-state index in [0.29, 0.717) is 22.6 Å². The number of aryl methyl sites for hydroxylation is 1. The maximum Gasteiger partial charge on any atom is 0.308 e. The predicted octanol–water partition coefficient (Wildman–Crippen LogP) is 3.15. The minimum atomic E-state index is -0.414. The number of esters is 2. The summed E-state index contributed by atoms with van der Waals surface area (Å²) in [5.74, 6) is -0.00270. The van der Waals surface area contributed by atoms with Gasteiger partial charge in [0.25, 0.3) is 5.56 Å². The first-order chi connectivity index (χ1) is 12.3. The van der Waals surface area contributed by atoms with Gasteiger partial charge in [-0.05, 0) is 60.3 Å². The first kappa shape index (κ1) is 17.4. The molecule has 0 unspecified atom stereocenters. The van der Waals surface area contributed by atoms with Gasteiger partial charge >= 0.3 is 11.9 Å². The molecular weight excluding hydrogens is 334 g/mol. The summed E-state index contributed by atoms with van der Waals surface area (Å²) in [5.41, 5.74) is 1.32. The van der Waals surface area contributed by atoms with Crippen LogP contribution in [0.25, 0.3) is 16.5 Å². The second kappa shape index (κ2) is 6.84.